The average molecular weight is 219 g/mol. The van der Waals surface area contributed by atoms with Crippen molar-refractivity contribution in [2.45, 2.75) is 25.8 Å². The van der Waals surface area contributed by atoms with Gasteiger partial charge in [-0.3, -0.25) is 4.79 Å². The van der Waals surface area contributed by atoms with Gasteiger partial charge in [-0.15, -0.1) is 0 Å². The van der Waals surface area contributed by atoms with Gasteiger partial charge >= 0.3 is 0 Å². The number of nitrogens with zero attached hydrogens (tertiary/aromatic N) is 1. The van der Waals surface area contributed by atoms with Crippen LogP contribution in [-0.2, 0) is 0 Å². The summed E-state index contributed by atoms with van der Waals surface area (Å²) >= 11 is 0. The summed E-state index contributed by atoms with van der Waals surface area (Å²) in [4.78, 5) is 15.9. The normalized spacial score (nSPS) is 22.6. The minimum absolute atomic E-state index is 0.000139. The quantitative estimate of drug-likeness (QED) is 0.809. The standard InChI is InChI=1S/C12H17N3O/c1-3-8-6-10(8)15-12(16)9-4-5-14-11(7-9)13-2/h4-5,7-8,10H,3,6H2,1-2H3,(H,13,14)(H,15,16). The SMILES string of the molecule is CCC1CC1NC(=O)c1ccnc(NC)c1. The fourth-order valence-electron chi connectivity index (χ4n) is 1.84. The van der Waals surface area contributed by atoms with E-state index in [0.717, 1.165) is 18.7 Å². The molecule has 0 bridgehead atoms. The van der Waals surface area contributed by atoms with E-state index in [9.17, 15) is 4.79 Å². The fourth-order valence-corrected chi connectivity index (χ4v) is 1.84. The topological polar surface area (TPSA) is 54.0 Å². The first-order chi connectivity index (χ1) is 7.74. The second-order valence-corrected chi connectivity index (χ2v) is 4.16. The molecule has 0 aliphatic heterocycles. The van der Waals surface area contributed by atoms with E-state index in [-0.39, 0.29) is 5.91 Å². The molecule has 0 aromatic carbocycles. The summed E-state index contributed by atoms with van der Waals surface area (Å²) in [5.41, 5.74) is 0.668. The number of carbonyl (C=O) groups is 1. The number of aromatic nitrogens is 1. The van der Waals surface area contributed by atoms with Crippen molar-refractivity contribution in [3.8, 4) is 0 Å². The van der Waals surface area contributed by atoms with Crippen molar-refractivity contribution in [2.75, 3.05) is 12.4 Å². The van der Waals surface area contributed by atoms with Crippen LogP contribution in [0.2, 0.25) is 0 Å². The van der Waals surface area contributed by atoms with Crippen molar-refractivity contribution < 1.29 is 4.79 Å². The second-order valence-electron chi connectivity index (χ2n) is 4.16. The zero-order valence-electron chi connectivity index (χ0n) is 9.66. The van der Waals surface area contributed by atoms with E-state index in [1.807, 2.05) is 0 Å². The molecular formula is C12H17N3O. The predicted octanol–water partition coefficient (Wildman–Crippen LogP) is 1.65. The summed E-state index contributed by atoms with van der Waals surface area (Å²) in [6.45, 7) is 2.16. The van der Waals surface area contributed by atoms with E-state index in [4.69, 9.17) is 0 Å². The van der Waals surface area contributed by atoms with E-state index < -0.39 is 0 Å². The number of carbonyl (C=O) groups excluding carboxylic acids is 1. The zero-order valence-corrected chi connectivity index (χ0v) is 9.66. The van der Waals surface area contributed by atoms with Gasteiger partial charge in [0, 0.05) is 24.8 Å². The first-order valence-corrected chi connectivity index (χ1v) is 5.69. The second kappa shape index (κ2) is 4.51. The average Bonchev–Trinajstić information content (AvgIpc) is 3.07. The molecule has 2 N–H and O–H groups in total. The molecule has 0 radical (unpaired) electrons. The maximum absolute atomic E-state index is 11.9. The highest BCUT2D eigenvalue weighted by atomic mass is 16.1. The maximum atomic E-state index is 11.9. The van der Waals surface area contributed by atoms with E-state index in [2.05, 4.69) is 22.5 Å². The molecule has 0 saturated heterocycles. The van der Waals surface area contributed by atoms with Crippen molar-refractivity contribution >= 4 is 11.7 Å². The molecule has 1 aromatic rings. The minimum atomic E-state index is -0.000139. The molecule has 1 fully saturated rings. The van der Waals surface area contributed by atoms with Crippen LogP contribution in [-0.4, -0.2) is 24.0 Å². The van der Waals surface area contributed by atoms with Crippen LogP contribution in [0.4, 0.5) is 5.82 Å². The number of hydrogen-bond donors (Lipinski definition) is 2. The molecule has 0 spiro atoms. The largest absolute Gasteiger partial charge is 0.373 e. The Hall–Kier alpha value is -1.58. The smallest absolute Gasteiger partial charge is 0.251 e. The van der Waals surface area contributed by atoms with Crippen molar-refractivity contribution in [3.05, 3.63) is 23.9 Å². The van der Waals surface area contributed by atoms with Gasteiger partial charge in [-0.05, 0) is 24.5 Å². The molecule has 4 nitrogen and oxygen atoms in total. The summed E-state index contributed by atoms with van der Waals surface area (Å²) in [5.74, 6) is 1.39. The summed E-state index contributed by atoms with van der Waals surface area (Å²) < 4.78 is 0. The molecule has 2 atom stereocenters. The van der Waals surface area contributed by atoms with E-state index in [1.165, 1.54) is 0 Å². The van der Waals surface area contributed by atoms with Gasteiger partial charge < -0.3 is 10.6 Å². The summed E-state index contributed by atoms with van der Waals surface area (Å²) in [6.07, 6.45) is 3.90. The third kappa shape index (κ3) is 2.32. The summed E-state index contributed by atoms with van der Waals surface area (Å²) in [7, 11) is 1.79. The third-order valence-electron chi connectivity index (χ3n) is 3.04. The molecule has 86 valence electrons. The Labute approximate surface area is 95.5 Å². The van der Waals surface area contributed by atoms with Crippen LogP contribution in [0.3, 0.4) is 0 Å². The molecule has 16 heavy (non-hydrogen) atoms. The zero-order chi connectivity index (χ0) is 11.5. The lowest BCUT2D eigenvalue weighted by molar-refractivity contribution is 0.0949. The Bertz CT molecular complexity index is 392. The van der Waals surface area contributed by atoms with Crippen LogP contribution in [0.25, 0.3) is 0 Å². The van der Waals surface area contributed by atoms with Crippen LogP contribution >= 0.6 is 0 Å². The number of pyridine rings is 1. The van der Waals surface area contributed by atoms with Crippen LogP contribution < -0.4 is 10.6 Å². The van der Waals surface area contributed by atoms with Crippen LogP contribution in [0.1, 0.15) is 30.1 Å². The highest BCUT2D eigenvalue weighted by molar-refractivity contribution is 5.95. The monoisotopic (exact) mass is 219 g/mol. The van der Waals surface area contributed by atoms with Crippen LogP contribution in [0, 0.1) is 5.92 Å². The molecular weight excluding hydrogens is 202 g/mol. The highest BCUT2D eigenvalue weighted by Gasteiger charge is 2.36. The summed E-state index contributed by atoms with van der Waals surface area (Å²) in [6, 6.07) is 3.88. The van der Waals surface area contributed by atoms with Gasteiger partial charge in [0.25, 0.3) is 5.91 Å². The Morgan fingerprint density at radius 1 is 1.62 bits per heavy atom. The van der Waals surface area contributed by atoms with E-state index in [1.54, 1.807) is 25.4 Å². The maximum Gasteiger partial charge on any atom is 0.251 e. The van der Waals surface area contributed by atoms with Gasteiger partial charge in [-0.25, -0.2) is 4.98 Å². The number of nitrogens with one attached hydrogen (secondary N) is 2. The lowest BCUT2D eigenvalue weighted by Gasteiger charge is -2.05. The third-order valence-corrected chi connectivity index (χ3v) is 3.04. The van der Waals surface area contributed by atoms with Crippen LogP contribution in [0.5, 0.6) is 0 Å². The number of anilines is 1. The molecule has 1 saturated carbocycles. The molecule has 4 heteroatoms. The molecule has 1 aliphatic carbocycles. The molecule has 1 aliphatic rings. The lowest BCUT2D eigenvalue weighted by Crippen LogP contribution is -2.26. The fraction of sp³-hybridized carbons (Fsp3) is 0.500. The molecule has 2 unspecified atom stereocenters. The van der Waals surface area contributed by atoms with Gasteiger partial charge in [0.05, 0.1) is 0 Å². The first-order valence-electron chi connectivity index (χ1n) is 5.69. The van der Waals surface area contributed by atoms with Crippen molar-refractivity contribution in [1.29, 1.82) is 0 Å². The Balaban J connectivity index is 1.98. The van der Waals surface area contributed by atoms with Crippen molar-refractivity contribution in [3.63, 3.8) is 0 Å². The van der Waals surface area contributed by atoms with Gasteiger partial charge in [-0.1, -0.05) is 13.3 Å². The van der Waals surface area contributed by atoms with Gasteiger partial charge in [0.2, 0.25) is 0 Å². The minimum Gasteiger partial charge on any atom is -0.373 e. The molecule has 1 aromatic heterocycles. The van der Waals surface area contributed by atoms with Gasteiger partial charge in [0.1, 0.15) is 5.82 Å². The molecule has 1 heterocycles. The van der Waals surface area contributed by atoms with Crippen molar-refractivity contribution in [1.82, 2.24) is 10.3 Å². The van der Waals surface area contributed by atoms with Crippen LogP contribution in [0.15, 0.2) is 18.3 Å². The summed E-state index contributed by atoms with van der Waals surface area (Å²) in [5, 5.41) is 5.95. The molecule has 2 rings (SSSR count). The van der Waals surface area contributed by atoms with Crippen molar-refractivity contribution in [2.24, 2.45) is 5.92 Å². The number of rotatable bonds is 4. The number of amides is 1. The van der Waals surface area contributed by atoms with Gasteiger partial charge in [-0.2, -0.15) is 0 Å². The van der Waals surface area contributed by atoms with Gasteiger partial charge in [0.15, 0.2) is 0 Å². The highest BCUT2D eigenvalue weighted by Crippen LogP contribution is 2.33. The van der Waals surface area contributed by atoms with E-state index >= 15 is 0 Å². The van der Waals surface area contributed by atoms with E-state index in [0.29, 0.717) is 17.5 Å². The lowest BCUT2D eigenvalue weighted by atomic mass is 10.2. The molecule has 1 amide bonds. The Morgan fingerprint density at radius 2 is 2.44 bits per heavy atom. The Kier molecular flexibility index (Phi) is 3.08. The first kappa shape index (κ1) is 10.9. The predicted molar refractivity (Wildman–Crippen MR) is 63.4 cm³/mol. The Morgan fingerprint density at radius 3 is 3.06 bits per heavy atom. The number of hydrogen-bond acceptors (Lipinski definition) is 3.